The van der Waals surface area contributed by atoms with E-state index in [2.05, 4.69) is 15.9 Å². The molecule has 5 heteroatoms. The SMILES string of the molecule is O=C(O)C(O)c1cc(CCl)cc(CCCBr)c1. The molecule has 3 nitrogen and oxygen atoms in total. The zero-order valence-corrected chi connectivity index (χ0v) is 11.5. The smallest absolute Gasteiger partial charge is 0.337 e. The Kier molecular flexibility index (Phi) is 5.95. The molecule has 1 unspecified atom stereocenters. The molecule has 17 heavy (non-hydrogen) atoms. The maximum atomic E-state index is 10.7. The summed E-state index contributed by atoms with van der Waals surface area (Å²) in [4.78, 5) is 10.7. The minimum absolute atomic E-state index is 0.307. The van der Waals surface area contributed by atoms with E-state index < -0.39 is 12.1 Å². The van der Waals surface area contributed by atoms with Gasteiger partial charge in [-0.3, -0.25) is 0 Å². The highest BCUT2D eigenvalue weighted by Crippen LogP contribution is 2.20. The van der Waals surface area contributed by atoms with Gasteiger partial charge >= 0.3 is 5.97 Å². The summed E-state index contributed by atoms with van der Waals surface area (Å²) in [6.07, 6.45) is 0.296. The van der Waals surface area contributed by atoms with Crippen molar-refractivity contribution in [3.05, 3.63) is 34.9 Å². The predicted octanol–water partition coefficient (Wildman–Crippen LogP) is 2.87. The van der Waals surface area contributed by atoms with Crippen molar-refractivity contribution in [2.24, 2.45) is 0 Å². The molecule has 0 amide bonds. The molecule has 0 heterocycles. The van der Waals surface area contributed by atoms with Crippen molar-refractivity contribution >= 4 is 33.5 Å². The van der Waals surface area contributed by atoms with Crippen LogP contribution in [0.4, 0.5) is 0 Å². The average molecular weight is 322 g/mol. The van der Waals surface area contributed by atoms with Crippen molar-refractivity contribution in [1.82, 2.24) is 0 Å². The van der Waals surface area contributed by atoms with Crippen LogP contribution < -0.4 is 0 Å². The van der Waals surface area contributed by atoms with Crippen LogP contribution in [-0.2, 0) is 17.1 Å². The lowest BCUT2D eigenvalue weighted by Gasteiger charge is -2.10. The van der Waals surface area contributed by atoms with Gasteiger partial charge in [0.05, 0.1) is 0 Å². The predicted molar refractivity (Wildman–Crippen MR) is 70.7 cm³/mol. The number of rotatable bonds is 6. The maximum absolute atomic E-state index is 10.7. The van der Waals surface area contributed by atoms with Gasteiger partial charge in [0, 0.05) is 11.2 Å². The van der Waals surface area contributed by atoms with E-state index in [1.807, 2.05) is 6.07 Å². The van der Waals surface area contributed by atoms with Crippen LogP contribution in [0.3, 0.4) is 0 Å². The number of halogens is 2. The molecule has 0 radical (unpaired) electrons. The van der Waals surface area contributed by atoms with E-state index in [9.17, 15) is 9.90 Å². The number of hydrogen-bond donors (Lipinski definition) is 2. The summed E-state index contributed by atoms with van der Waals surface area (Å²) >= 11 is 9.09. The Morgan fingerprint density at radius 1 is 1.35 bits per heavy atom. The van der Waals surface area contributed by atoms with Gasteiger partial charge in [0.25, 0.3) is 0 Å². The number of aliphatic carboxylic acids is 1. The fourth-order valence-corrected chi connectivity index (χ4v) is 2.02. The number of carboxylic acids is 1. The fourth-order valence-electron chi connectivity index (χ4n) is 1.58. The molecular formula is C12H14BrClO3. The Hall–Kier alpha value is -0.580. The number of aryl methyl sites for hydroxylation is 1. The zero-order valence-electron chi connectivity index (χ0n) is 9.20. The number of carbonyl (C=O) groups is 1. The lowest BCUT2D eigenvalue weighted by molar-refractivity contribution is -0.146. The second-order valence-electron chi connectivity index (χ2n) is 3.75. The first-order chi connectivity index (χ1) is 8.08. The number of alkyl halides is 2. The van der Waals surface area contributed by atoms with Gasteiger partial charge in [-0.05, 0) is 29.5 Å². The van der Waals surface area contributed by atoms with E-state index in [4.69, 9.17) is 16.7 Å². The first-order valence-electron chi connectivity index (χ1n) is 5.24. The van der Waals surface area contributed by atoms with Crippen LogP contribution in [0.25, 0.3) is 0 Å². The van der Waals surface area contributed by atoms with Gasteiger partial charge < -0.3 is 10.2 Å². The van der Waals surface area contributed by atoms with E-state index in [0.717, 1.165) is 29.3 Å². The minimum Gasteiger partial charge on any atom is -0.479 e. The van der Waals surface area contributed by atoms with Gasteiger partial charge in [-0.15, -0.1) is 11.6 Å². The van der Waals surface area contributed by atoms with Crippen molar-refractivity contribution in [1.29, 1.82) is 0 Å². The summed E-state index contributed by atoms with van der Waals surface area (Å²) in [6, 6.07) is 5.29. The quantitative estimate of drug-likeness (QED) is 0.792. The van der Waals surface area contributed by atoms with Crippen molar-refractivity contribution in [2.45, 2.75) is 24.8 Å². The minimum atomic E-state index is -1.49. The molecule has 0 fully saturated rings. The van der Waals surface area contributed by atoms with Crippen LogP contribution in [0.2, 0.25) is 0 Å². The van der Waals surface area contributed by atoms with Gasteiger partial charge in [0.15, 0.2) is 6.10 Å². The van der Waals surface area contributed by atoms with Gasteiger partial charge in [0.1, 0.15) is 0 Å². The molecule has 0 aromatic heterocycles. The first-order valence-corrected chi connectivity index (χ1v) is 6.89. The number of hydrogen-bond acceptors (Lipinski definition) is 2. The topological polar surface area (TPSA) is 57.5 Å². The normalized spacial score (nSPS) is 12.4. The molecule has 0 bridgehead atoms. The third-order valence-corrected chi connectivity index (χ3v) is 3.25. The Morgan fingerprint density at radius 2 is 2.00 bits per heavy atom. The second kappa shape index (κ2) is 6.99. The molecule has 1 aromatic carbocycles. The van der Waals surface area contributed by atoms with Crippen LogP contribution in [0.5, 0.6) is 0 Å². The molecule has 0 saturated carbocycles. The number of carboxylic acid groups (broad SMARTS) is 1. The Labute approximate surface area is 114 Å². The summed E-state index contributed by atoms with van der Waals surface area (Å²) in [7, 11) is 0. The molecule has 0 aliphatic carbocycles. The summed E-state index contributed by atoms with van der Waals surface area (Å²) in [5.41, 5.74) is 2.21. The summed E-state index contributed by atoms with van der Waals surface area (Å²) in [5, 5.41) is 19.2. The highest BCUT2D eigenvalue weighted by molar-refractivity contribution is 9.09. The largest absolute Gasteiger partial charge is 0.479 e. The van der Waals surface area contributed by atoms with Crippen LogP contribution >= 0.6 is 27.5 Å². The van der Waals surface area contributed by atoms with E-state index in [0.29, 0.717) is 11.4 Å². The van der Waals surface area contributed by atoms with Gasteiger partial charge in [0.2, 0.25) is 0 Å². The summed E-state index contributed by atoms with van der Waals surface area (Å²) < 4.78 is 0. The Morgan fingerprint density at radius 3 is 2.53 bits per heavy atom. The third kappa shape index (κ3) is 4.30. The Bertz CT molecular complexity index is 395. The lowest BCUT2D eigenvalue weighted by atomic mass is 10.00. The van der Waals surface area contributed by atoms with Gasteiger partial charge in [-0.1, -0.05) is 34.1 Å². The van der Waals surface area contributed by atoms with E-state index in [1.165, 1.54) is 0 Å². The van der Waals surface area contributed by atoms with Crippen LogP contribution in [0.1, 0.15) is 29.2 Å². The second-order valence-corrected chi connectivity index (χ2v) is 4.81. The monoisotopic (exact) mass is 320 g/mol. The maximum Gasteiger partial charge on any atom is 0.337 e. The van der Waals surface area contributed by atoms with Crippen molar-refractivity contribution in [3.63, 3.8) is 0 Å². The highest BCUT2D eigenvalue weighted by Gasteiger charge is 2.16. The van der Waals surface area contributed by atoms with Crippen molar-refractivity contribution in [3.8, 4) is 0 Å². The molecule has 1 rings (SSSR count). The number of aliphatic hydroxyl groups is 1. The third-order valence-electron chi connectivity index (χ3n) is 2.38. The molecule has 1 atom stereocenters. The molecule has 0 aliphatic rings. The summed E-state index contributed by atoms with van der Waals surface area (Å²) in [6.45, 7) is 0. The summed E-state index contributed by atoms with van der Waals surface area (Å²) in [5.74, 6) is -0.940. The van der Waals surface area contributed by atoms with Crippen LogP contribution in [0, 0.1) is 0 Å². The molecule has 94 valence electrons. The highest BCUT2D eigenvalue weighted by atomic mass is 79.9. The number of benzene rings is 1. The lowest BCUT2D eigenvalue weighted by Crippen LogP contribution is -2.11. The standard InChI is InChI=1S/C12H14BrClO3/c13-3-1-2-8-4-9(7-14)6-10(5-8)11(15)12(16)17/h4-6,11,15H,1-3,7H2,(H,16,17). The van der Waals surface area contributed by atoms with E-state index >= 15 is 0 Å². The molecule has 0 aliphatic heterocycles. The number of aliphatic hydroxyl groups excluding tert-OH is 1. The molecular weight excluding hydrogens is 307 g/mol. The van der Waals surface area contributed by atoms with Crippen molar-refractivity contribution < 1.29 is 15.0 Å². The van der Waals surface area contributed by atoms with E-state index in [-0.39, 0.29) is 0 Å². The fraction of sp³-hybridized carbons (Fsp3) is 0.417. The van der Waals surface area contributed by atoms with E-state index in [1.54, 1.807) is 12.1 Å². The average Bonchev–Trinajstić information content (AvgIpc) is 2.34. The molecule has 0 saturated heterocycles. The van der Waals surface area contributed by atoms with Crippen LogP contribution in [-0.4, -0.2) is 21.5 Å². The Balaban J connectivity index is 3.00. The van der Waals surface area contributed by atoms with Crippen LogP contribution in [0.15, 0.2) is 18.2 Å². The van der Waals surface area contributed by atoms with Gasteiger partial charge in [-0.2, -0.15) is 0 Å². The molecule has 2 N–H and O–H groups in total. The first kappa shape index (κ1) is 14.5. The molecule has 1 aromatic rings. The molecule has 0 spiro atoms. The zero-order chi connectivity index (χ0) is 12.8. The van der Waals surface area contributed by atoms with Gasteiger partial charge in [-0.25, -0.2) is 4.79 Å². The van der Waals surface area contributed by atoms with Crippen molar-refractivity contribution in [2.75, 3.05) is 5.33 Å².